The molecule has 0 saturated carbocycles. The quantitative estimate of drug-likeness (QED) is 0.899. The monoisotopic (exact) mass is 270 g/mol. The van der Waals surface area contributed by atoms with E-state index in [-0.39, 0.29) is 11.9 Å². The predicted molar refractivity (Wildman–Crippen MR) is 77.3 cm³/mol. The van der Waals surface area contributed by atoms with Gasteiger partial charge in [-0.25, -0.2) is 4.98 Å². The molecule has 1 atom stereocenters. The maximum atomic E-state index is 12.6. The van der Waals surface area contributed by atoms with E-state index in [2.05, 4.69) is 9.97 Å². The SMILES string of the molecule is NCC1CCCCN1C(=O)c1cnc2ccccc2n1. The number of hydrogen-bond acceptors (Lipinski definition) is 4. The number of fused-ring (bicyclic) bond motifs is 1. The minimum Gasteiger partial charge on any atom is -0.333 e. The Morgan fingerprint density at radius 3 is 2.90 bits per heavy atom. The van der Waals surface area contributed by atoms with E-state index in [9.17, 15) is 4.79 Å². The third kappa shape index (κ3) is 2.36. The first-order chi connectivity index (χ1) is 9.79. The summed E-state index contributed by atoms with van der Waals surface area (Å²) in [6.07, 6.45) is 4.70. The third-order valence-electron chi connectivity index (χ3n) is 3.83. The Morgan fingerprint density at radius 2 is 2.10 bits per heavy atom. The number of nitrogens with two attached hydrogens (primary N) is 1. The van der Waals surface area contributed by atoms with Crippen molar-refractivity contribution in [3.8, 4) is 0 Å². The van der Waals surface area contributed by atoms with Crippen LogP contribution in [0.2, 0.25) is 0 Å². The molecule has 0 spiro atoms. The fraction of sp³-hybridized carbons (Fsp3) is 0.400. The van der Waals surface area contributed by atoms with E-state index < -0.39 is 0 Å². The summed E-state index contributed by atoms with van der Waals surface area (Å²) >= 11 is 0. The van der Waals surface area contributed by atoms with Gasteiger partial charge in [-0.3, -0.25) is 9.78 Å². The molecule has 0 aliphatic carbocycles. The number of benzene rings is 1. The lowest BCUT2D eigenvalue weighted by Crippen LogP contribution is -2.47. The highest BCUT2D eigenvalue weighted by atomic mass is 16.2. The van der Waals surface area contributed by atoms with Gasteiger partial charge >= 0.3 is 0 Å². The van der Waals surface area contributed by atoms with Crippen molar-refractivity contribution < 1.29 is 4.79 Å². The molecule has 5 nitrogen and oxygen atoms in total. The van der Waals surface area contributed by atoms with Gasteiger partial charge in [0, 0.05) is 19.1 Å². The van der Waals surface area contributed by atoms with Gasteiger partial charge in [0.25, 0.3) is 5.91 Å². The first kappa shape index (κ1) is 13.0. The van der Waals surface area contributed by atoms with Crippen molar-refractivity contribution in [2.45, 2.75) is 25.3 Å². The maximum Gasteiger partial charge on any atom is 0.274 e. The summed E-state index contributed by atoms with van der Waals surface area (Å²) < 4.78 is 0. The standard InChI is InChI=1S/C15H18N4O/c16-9-11-5-3-4-8-19(11)15(20)14-10-17-12-6-1-2-7-13(12)18-14/h1-2,6-7,10-11H,3-5,8-9,16H2. The molecule has 1 amide bonds. The van der Waals surface area contributed by atoms with E-state index in [4.69, 9.17) is 5.73 Å². The summed E-state index contributed by atoms with van der Waals surface area (Å²) in [5, 5.41) is 0. The zero-order chi connectivity index (χ0) is 13.9. The molecule has 1 aromatic heterocycles. The smallest absolute Gasteiger partial charge is 0.274 e. The fourth-order valence-corrected chi connectivity index (χ4v) is 2.72. The number of carbonyl (C=O) groups is 1. The van der Waals surface area contributed by atoms with Crippen LogP contribution in [0, 0.1) is 0 Å². The summed E-state index contributed by atoms with van der Waals surface area (Å²) in [5.41, 5.74) is 7.73. The van der Waals surface area contributed by atoms with E-state index in [1.165, 1.54) is 0 Å². The van der Waals surface area contributed by atoms with Gasteiger partial charge in [-0.15, -0.1) is 0 Å². The zero-order valence-corrected chi connectivity index (χ0v) is 11.3. The second-order valence-corrected chi connectivity index (χ2v) is 5.13. The molecular weight excluding hydrogens is 252 g/mol. The van der Waals surface area contributed by atoms with Gasteiger partial charge in [-0.05, 0) is 31.4 Å². The van der Waals surface area contributed by atoms with Crippen LogP contribution < -0.4 is 5.73 Å². The molecule has 2 heterocycles. The van der Waals surface area contributed by atoms with Crippen molar-refractivity contribution in [3.05, 3.63) is 36.2 Å². The van der Waals surface area contributed by atoms with E-state index in [0.717, 1.165) is 36.8 Å². The van der Waals surface area contributed by atoms with Gasteiger partial charge < -0.3 is 10.6 Å². The van der Waals surface area contributed by atoms with Crippen LogP contribution in [-0.2, 0) is 0 Å². The maximum absolute atomic E-state index is 12.6. The van der Waals surface area contributed by atoms with E-state index in [1.54, 1.807) is 6.20 Å². The number of para-hydroxylation sites is 2. The highest BCUT2D eigenvalue weighted by molar-refractivity contribution is 5.94. The molecule has 1 aromatic carbocycles. The lowest BCUT2D eigenvalue weighted by atomic mass is 10.0. The molecule has 1 unspecified atom stereocenters. The molecule has 1 fully saturated rings. The van der Waals surface area contributed by atoms with Gasteiger partial charge in [-0.1, -0.05) is 12.1 Å². The van der Waals surface area contributed by atoms with Crippen LogP contribution in [0.5, 0.6) is 0 Å². The Labute approximate surface area is 117 Å². The van der Waals surface area contributed by atoms with Gasteiger partial charge in [0.1, 0.15) is 5.69 Å². The molecule has 3 rings (SSSR count). The zero-order valence-electron chi connectivity index (χ0n) is 11.3. The number of piperidine rings is 1. The first-order valence-corrected chi connectivity index (χ1v) is 7.02. The average molecular weight is 270 g/mol. The van der Waals surface area contributed by atoms with Gasteiger partial charge in [0.2, 0.25) is 0 Å². The summed E-state index contributed by atoms with van der Waals surface area (Å²) in [7, 11) is 0. The van der Waals surface area contributed by atoms with Crippen LogP contribution in [0.1, 0.15) is 29.8 Å². The molecule has 0 radical (unpaired) electrons. The van der Waals surface area contributed by atoms with Crippen LogP contribution >= 0.6 is 0 Å². The molecular formula is C15H18N4O. The van der Waals surface area contributed by atoms with Crippen LogP contribution in [0.4, 0.5) is 0 Å². The van der Waals surface area contributed by atoms with E-state index >= 15 is 0 Å². The Balaban J connectivity index is 1.91. The minimum atomic E-state index is -0.0570. The minimum absolute atomic E-state index is 0.0570. The molecule has 2 aromatic rings. The Bertz CT molecular complexity index is 628. The third-order valence-corrected chi connectivity index (χ3v) is 3.83. The van der Waals surface area contributed by atoms with Crippen LogP contribution in [0.15, 0.2) is 30.5 Å². The number of carbonyl (C=O) groups excluding carboxylic acids is 1. The Morgan fingerprint density at radius 1 is 1.30 bits per heavy atom. The number of aromatic nitrogens is 2. The lowest BCUT2D eigenvalue weighted by molar-refractivity contribution is 0.0617. The molecule has 20 heavy (non-hydrogen) atoms. The molecule has 1 aliphatic heterocycles. The van der Waals surface area contributed by atoms with Crippen LogP contribution in [0.25, 0.3) is 11.0 Å². The Hall–Kier alpha value is -2.01. The second-order valence-electron chi connectivity index (χ2n) is 5.13. The van der Waals surface area contributed by atoms with Gasteiger partial charge in [0.15, 0.2) is 0 Å². The topological polar surface area (TPSA) is 72.1 Å². The molecule has 2 N–H and O–H groups in total. The Kier molecular flexibility index (Phi) is 3.60. The second kappa shape index (κ2) is 5.54. The number of likely N-dealkylation sites (tertiary alicyclic amines) is 1. The van der Waals surface area contributed by atoms with Crippen LogP contribution in [0.3, 0.4) is 0 Å². The average Bonchev–Trinajstić information content (AvgIpc) is 2.53. The van der Waals surface area contributed by atoms with Crippen molar-refractivity contribution in [1.82, 2.24) is 14.9 Å². The molecule has 0 bridgehead atoms. The van der Waals surface area contributed by atoms with Crippen molar-refractivity contribution in [2.75, 3.05) is 13.1 Å². The molecule has 1 aliphatic rings. The van der Waals surface area contributed by atoms with Crippen molar-refractivity contribution in [2.24, 2.45) is 5.73 Å². The molecule has 104 valence electrons. The first-order valence-electron chi connectivity index (χ1n) is 7.02. The summed E-state index contributed by atoms with van der Waals surface area (Å²) in [5.74, 6) is -0.0570. The number of rotatable bonds is 2. The highest BCUT2D eigenvalue weighted by Crippen LogP contribution is 2.19. The highest BCUT2D eigenvalue weighted by Gasteiger charge is 2.27. The van der Waals surface area contributed by atoms with Gasteiger partial charge in [0.05, 0.1) is 17.2 Å². The van der Waals surface area contributed by atoms with Crippen molar-refractivity contribution in [3.63, 3.8) is 0 Å². The van der Waals surface area contributed by atoms with E-state index in [1.807, 2.05) is 29.2 Å². The summed E-state index contributed by atoms with van der Waals surface area (Å²) in [6, 6.07) is 7.70. The summed E-state index contributed by atoms with van der Waals surface area (Å²) in [4.78, 5) is 23.2. The predicted octanol–water partition coefficient (Wildman–Crippen LogP) is 1.58. The normalized spacial score (nSPS) is 19.2. The molecule has 5 heteroatoms. The number of hydrogen-bond donors (Lipinski definition) is 1. The molecule has 1 saturated heterocycles. The van der Waals surface area contributed by atoms with Crippen molar-refractivity contribution >= 4 is 16.9 Å². The van der Waals surface area contributed by atoms with Crippen molar-refractivity contribution in [1.29, 1.82) is 0 Å². The number of amides is 1. The summed E-state index contributed by atoms with van der Waals surface area (Å²) in [6.45, 7) is 1.27. The number of nitrogens with zero attached hydrogens (tertiary/aromatic N) is 3. The van der Waals surface area contributed by atoms with Gasteiger partial charge in [-0.2, -0.15) is 0 Å². The lowest BCUT2D eigenvalue weighted by Gasteiger charge is -2.34. The van der Waals surface area contributed by atoms with Crippen LogP contribution in [-0.4, -0.2) is 39.9 Å². The largest absolute Gasteiger partial charge is 0.333 e. The fourth-order valence-electron chi connectivity index (χ4n) is 2.72. The van der Waals surface area contributed by atoms with E-state index in [0.29, 0.717) is 12.2 Å².